The molecule has 6 heteroatoms. The number of halogens is 1. The van der Waals surface area contributed by atoms with Crippen LogP contribution in [0.1, 0.15) is 22.7 Å². The Kier molecular flexibility index (Phi) is 5.09. The van der Waals surface area contributed by atoms with Crippen LogP contribution in [-0.2, 0) is 22.4 Å². The van der Waals surface area contributed by atoms with E-state index in [2.05, 4.69) is 10.6 Å². The topological polar surface area (TPSA) is 78.4 Å². The molecule has 1 aliphatic rings. The van der Waals surface area contributed by atoms with Crippen molar-refractivity contribution in [1.82, 2.24) is 10.6 Å². The van der Waals surface area contributed by atoms with Gasteiger partial charge in [-0.25, -0.2) is 4.39 Å². The summed E-state index contributed by atoms with van der Waals surface area (Å²) in [5, 5.41) is 15.4. The van der Waals surface area contributed by atoms with E-state index in [1.165, 1.54) is 18.2 Å². The molecule has 0 unspecified atom stereocenters. The molecule has 0 radical (unpaired) electrons. The van der Waals surface area contributed by atoms with Crippen molar-refractivity contribution in [2.45, 2.75) is 25.0 Å². The molecule has 0 saturated heterocycles. The predicted octanol–water partition coefficient (Wildman–Crippen LogP) is 1.26. The smallest absolute Gasteiger partial charge is 0.239 e. The fraction of sp³-hybridized carbons (Fsp3) is 0.263. The minimum atomic E-state index is -0.677. The zero-order chi connectivity index (χ0) is 17.8. The number of benzene rings is 2. The molecule has 3 rings (SSSR count). The average molecular weight is 342 g/mol. The summed E-state index contributed by atoms with van der Waals surface area (Å²) in [5.74, 6) is -1.15. The van der Waals surface area contributed by atoms with Crippen molar-refractivity contribution < 1.29 is 19.1 Å². The highest BCUT2D eigenvalue weighted by Crippen LogP contribution is 2.30. The van der Waals surface area contributed by atoms with E-state index in [4.69, 9.17) is 0 Å². The Bertz CT molecular complexity index is 794. The van der Waals surface area contributed by atoms with Gasteiger partial charge in [0.25, 0.3) is 0 Å². The molecule has 2 aromatic carbocycles. The third-order valence-electron chi connectivity index (χ3n) is 4.22. The molecule has 25 heavy (non-hydrogen) atoms. The normalized spacial score (nSPS) is 18.5. The van der Waals surface area contributed by atoms with E-state index in [0.717, 1.165) is 11.1 Å². The van der Waals surface area contributed by atoms with Gasteiger partial charge in [-0.05, 0) is 28.8 Å². The highest BCUT2D eigenvalue weighted by atomic mass is 19.1. The number of carbonyl (C=O) groups excluding carboxylic acids is 2. The Morgan fingerprint density at radius 3 is 2.72 bits per heavy atom. The van der Waals surface area contributed by atoms with E-state index >= 15 is 0 Å². The van der Waals surface area contributed by atoms with Gasteiger partial charge in [-0.1, -0.05) is 36.4 Å². The number of amides is 2. The number of carbonyl (C=O) groups is 2. The van der Waals surface area contributed by atoms with Crippen LogP contribution in [-0.4, -0.2) is 29.6 Å². The molecule has 130 valence electrons. The van der Waals surface area contributed by atoms with Crippen LogP contribution < -0.4 is 10.6 Å². The van der Waals surface area contributed by atoms with Gasteiger partial charge in [-0.3, -0.25) is 9.59 Å². The van der Waals surface area contributed by atoms with Gasteiger partial charge in [-0.2, -0.15) is 0 Å². The van der Waals surface area contributed by atoms with Crippen LogP contribution in [0.15, 0.2) is 48.5 Å². The van der Waals surface area contributed by atoms with E-state index in [1.54, 1.807) is 6.07 Å². The molecule has 0 saturated carbocycles. The fourth-order valence-corrected chi connectivity index (χ4v) is 3.05. The Morgan fingerprint density at radius 2 is 1.92 bits per heavy atom. The van der Waals surface area contributed by atoms with Gasteiger partial charge in [0.1, 0.15) is 5.82 Å². The monoisotopic (exact) mass is 342 g/mol. The first kappa shape index (κ1) is 17.1. The van der Waals surface area contributed by atoms with Crippen molar-refractivity contribution in [1.29, 1.82) is 0 Å². The zero-order valence-electron chi connectivity index (χ0n) is 13.5. The number of fused-ring (bicyclic) bond motifs is 1. The molecular weight excluding hydrogens is 323 g/mol. The minimum absolute atomic E-state index is 0.0000724. The molecule has 2 amide bonds. The van der Waals surface area contributed by atoms with Gasteiger partial charge in [0.05, 0.1) is 25.1 Å². The van der Waals surface area contributed by atoms with Gasteiger partial charge in [-0.15, -0.1) is 0 Å². The summed E-state index contributed by atoms with van der Waals surface area (Å²) in [6.45, 7) is -0.195. The summed E-state index contributed by atoms with van der Waals surface area (Å²) in [5.41, 5.74) is 2.45. The zero-order valence-corrected chi connectivity index (χ0v) is 13.5. The molecule has 0 spiro atoms. The summed E-state index contributed by atoms with van der Waals surface area (Å²) < 4.78 is 13.1. The van der Waals surface area contributed by atoms with Crippen molar-refractivity contribution >= 4 is 11.8 Å². The molecular formula is C19H19FN2O3. The molecule has 0 aromatic heterocycles. The van der Waals surface area contributed by atoms with Crippen LogP contribution >= 0.6 is 0 Å². The van der Waals surface area contributed by atoms with Crippen LogP contribution in [0, 0.1) is 5.82 Å². The van der Waals surface area contributed by atoms with E-state index < -0.39 is 18.0 Å². The number of nitrogens with one attached hydrogen (secondary N) is 2. The lowest BCUT2D eigenvalue weighted by molar-refractivity contribution is -0.126. The molecule has 0 heterocycles. The third kappa shape index (κ3) is 4.22. The number of hydrogen-bond acceptors (Lipinski definition) is 3. The van der Waals surface area contributed by atoms with Crippen molar-refractivity contribution in [3.63, 3.8) is 0 Å². The predicted molar refractivity (Wildman–Crippen MR) is 90.2 cm³/mol. The van der Waals surface area contributed by atoms with Crippen molar-refractivity contribution in [2.75, 3.05) is 6.54 Å². The van der Waals surface area contributed by atoms with Crippen molar-refractivity contribution in [3.8, 4) is 0 Å². The van der Waals surface area contributed by atoms with Crippen molar-refractivity contribution in [3.05, 3.63) is 71.0 Å². The molecule has 5 nitrogen and oxygen atoms in total. The van der Waals surface area contributed by atoms with E-state index in [-0.39, 0.29) is 24.8 Å². The number of aliphatic hydroxyl groups excluding tert-OH is 1. The molecule has 0 bridgehead atoms. The molecule has 2 atom stereocenters. The van der Waals surface area contributed by atoms with E-state index in [1.807, 2.05) is 24.3 Å². The Hall–Kier alpha value is -2.73. The first-order chi connectivity index (χ1) is 12.0. The van der Waals surface area contributed by atoms with Crippen LogP contribution in [0.25, 0.3) is 0 Å². The second-order valence-electron chi connectivity index (χ2n) is 6.10. The summed E-state index contributed by atoms with van der Waals surface area (Å²) >= 11 is 0. The highest BCUT2D eigenvalue weighted by Gasteiger charge is 2.31. The Morgan fingerprint density at radius 1 is 1.12 bits per heavy atom. The first-order valence-corrected chi connectivity index (χ1v) is 8.09. The quantitative estimate of drug-likeness (QED) is 0.765. The van der Waals surface area contributed by atoms with Crippen LogP contribution in [0.3, 0.4) is 0 Å². The second-order valence-corrected chi connectivity index (χ2v) is 6.10. The number of rotatable bonds is 5. The molecule has 0 aliphatic heterocycles. The third-order valence-corrected chi connectivity index (χ3v) is 4.22. The van der Waals surface area contributed by atoms with Gasteiger partial charge in [0, 0.05) is 6.42 Å². The van der Waals surface area contributed by atoms with Gasteiger partial charge in [0.15, 0.2) is 0 Å². The van der Waals surface area contributed by atoms with Crippen LogP contribution in [0.2, 0.25) is 0 Å². The SMILES string of the molecule is O=C(Cc1cccc(F)c1)NCC(=O)N[C@@H]1c2ccccc2C[C@@H]1O. The molecule has 3 N–H and O–H groups in total. The summed E-state index contributed by atoms with van der Waals surface area (Å²) in [6, 6.07) is 12.8. The lowest BCUT2D eigenvalue weighted by atomic mass is 10.1. The molecule has 0 fully saturated rings. The summed E-state index contributed by atoms with van der Waals surface area (Å²) in [6.07, 6.45) is -0.183. The average Bonchev–Trinajstić information content (AvgIpc) is 2.89. The summed E-state index contributed by atoms with van der Waals surface area (Å²) in [7, 11) is 0. The molecule has 2 aromatic rings. The van der Waals surface area contributed by atoms with Gasteiger partial charge >= 0.3 is 0 Å². The maximum absolute atomic E-state index is 13.1. The largest absolute Gasteiger partial charge is 0.390 e. The first-order valence-electron chi connectivity index (χ1n) is 8.09. The van der Waals surface area contributed by atoms with Gasteiger partial charge < -0.3 is 15.7 Å². The lowest BCUT2D eigenvalue weighted by Crippen LogP contribution is -2.41. The minimum Gasteiger partial charge on any atom is -0.390 e. The van der Waals surface area contributed by atoms with Gasteiger partial charge in [0.2, 0.25) is 11.8 Å². The van der Waals surface area contributed by atoms with Crippen molar-refractivity contribution in [2.24, 2.45) is 0 Å². The maximum Gasteiger partial charge on any atom is 0.239 e. The Balaban J connectivity index is 1.51. The number of aliphatic hydroxyl groups is 1. The summed E-state index contributed by atoms with van der Waals surface area (Å²) in [4.78, 5) is 23.9. The second kappa shape index (κ2) is 7.44. The fourth-order valence-electron chi connectivity index (χ4n) is 3.05. The van der Waals surface area contributed by atoms with Crippen LogP contribution in [0.4, 0.5) is 4.39 Å². The van der Waals surface area contributed by atoms with Crippen LogP contribution in [0.5, 0.6) is 0 Å². The highest BCUT2D eigenvalue weighted by molar-refractivity contribution is 5.86. The van der Waals surface area contributed by atoms with E-state index in [9.17, 15) is 19.1 Å². The lowest BCUT2D eigenvalue weighted by Gasteiger charge is -2.18. The number of hydrogen-bond donors (Lipinski definition) is 3. The Labute approximate surface area is 144 Å². The van der Waals surface area contributed by atoms with E-state index in [0.29, 0.717) is 12.0 Å². The molecule has 1 aliphatic carbocycles. The maximum atomic E-state index is 13.1. The standard InChI is InChI=1S/C19H19FN2O3/c20-14-6-3-4-12(8-14)9-17(24)21-11-18(25)22-19-15-7-2-1-5-13(15)10-16(19)23/h1-8,16,19,23H,9-11H2,(H,21,24)(H,22,25)/t16-,19+/m0/s1.